The molecule has 0 aliphatic heterocycles. The Balaban J connectivity index is -0.00000288. The molecular weight excluding hydrogens is 387 g/mol. The van der Waals surface area contributed by atoms with Gasteiger partial charge < -0.3 is 10.2 Å². The van der Waals surface area contributed by atoms with Crippen molar-refractivity contribution in [2.45, 2.75) is 116 Å². The van der Waals surface area contributed by atoms with Gasteiger partial charge in [0.2, 0.25) is 0 Å². The zero-order valence-corrected chi connectivity index (χ0v) is 18.8. The molecule has 0 amide bonds. The predicted octanol–water partition coefficient (Wildman–Crippen LogP) is 7.27. The molecule has 1 unspecified atom stereocenters. The topological polar surface area (TPSA) is 74.6 Å². The number of carboxylic acid groups (broad SMARTS) is 2. The van der Waals surface area contributed by atoms with Gasteiger partial charge in [-0.2, -0.15) is 0 Å². The maximum absolute atomic E-state index is 10.6. The molecule has 2 N–H and O–H groups in total. The Morgan fingerprint density at radius 1 is 0.593 bits per heavy atom. The average molecular weight is 429 g/mol. The van der Waals surface area contributed by atoms with E-state index in [1.54, 1.807) is 0 Å². The fourth-order valence-corrected chi connectivity index (χ4v) is 3.29. The zero-order valence-electron chi connectivity index (χ0n) is 17.1. The van der Waals surface area contributed by atoms with E-state index in [2.05, 4.69) is 0 Å². The second-order valence-corrected chi connectivity index (χ2v) is 7.59. The summed E-state index contributed by atoms with van der Waals surface area (Å²) in [4.78, 5) is 20.9. The maximum atomic E-state index is 10.6. The van der Waals surface area contributed by atoms with Gasteiger partial charge in [0.05, 0.1) is 0 Å². The molecule has 1 atom stereocenters. The second kappa shape index (κ2) is 23.6. The lowest BCUT2D eigenvalue weighted by Crippen LogP contribution is -2.03. The van der Waals surface area contributed by atoms with Crippen LogP contribution < -0.4 is 0 Å². The third kappa shape index (κ3) is 27.8. The molecule has 0 aliphatic carbocycles. The summed E-state index contributed by atoms with van der Waals surface area (Å²) in [5.41, 5.74) is 0. The Morgan fingerprint density at radius 2 is 0.926 bits per heavy atom. The van der Waals surface area contributed by atoms with Crippen LogP contribution >= 0.6 is 24.8 Å². The Hall–Kier alpha value is -0.480. The number of aliphatic carboxylic acids is 2. The van der Waals surface area contributed by atoms with Crippen LogP contribution in [0.4, 0.5) is 0 Å². The molecule has 164 valence electrons. The molecule has 0 aromatic heterocycles. The normalized spacial score (nSPS) is 11.3. The van der Waals surface area contributed by atoms with Crippen molar-refractivity contribution in [3.8, 4) is 0 Å². The van der Waals surface area contributed by atoms with E-state index < -0.39 is 11.9 Å². The molecule has 0 aromatic rings. The van der Waals surface area contributed by atoms with E-state index in [-0.39, 0.29) is 24.8 Å². The van der Waals surface area contributed by atoms with Gasteiger partial charge in [0.15, 0.2) is 0 Å². The monoisotopic (exact) mass is 428 g/mol. The molecule has 0 saturated heterocycles. The molecule has 0 bridgehead atoms. The highest BCUT2D eigenvalue weighted by Gasteiger charge is 2.06. The molecule has 0 fully saturated rings. The van der Waals surface area contributed by atoms with Gasteiger partial charge in [-0.15, -0.1) is 24.8 Å². The number of carboxylic acids is 2. The minimum atomic E-state index is -0.675. The van der Waals surface area contributed by atoms with Gasteiger partial charge in [0, 0.05) is 12.8 Å². The Morgan fingerprint density at radius 3 is 1.26 bits per heavy atom. The summed E-state index contributed by atoms with van der Waals surface area (Å²) < 4.78 is 0. The minimum Gasteiger partial charge on any atom is -0.481 e. The molecule has 0 saturated carbocycles. The molecule has 0 aromatic carbocycles. The molecule has 6 heteroatoms. The third-order valence-electron chi connectivity index (χ3n) is 4.86. The highest BCUT2D eigenvalue weighted by atomic mass is 35.5. The Labute approximate surface area is 178 Å². The van der Waals surface area contributed by atoms with Crippen LogP contribution in [0.15, 0.2) is 0 Å². The summed E-state index contributed by atoms with van der Waals surface area (Å²) in [5.74, 6) is -1.03. The van der Waals surface area contributed by atoms with E-state index in [0.717, 1.165) is 19.3 Å². The van der Waals surface area contributed by atoms with Crippen molar-refractivity contribution in [1.29, 1.82) is 0 Å². The second-order valence-electron chi connectivity index (χ2n) is 7.59. The highest BCUT2D eigenvalue weighted by Crippen LogP contribution is 2.16. The number of rotatable bonds is 19. The summed E-state index contributed by atoms with van der Waals surface area (Å²) in [6.07, 6.45) is 19.0. The van der Waals surface area contributed by atoms with Crippen molar-refractivity contribution in [3.05, 3.63) is 0 Å². The first-order chi connectivity index (χ1) is 12.0. The van der Waals surface area contributed by atoms with Crippen LogP contribution in [0.2, 0.25) is 0 Å². The quantitative estimate of drug-likeness (QED) is 0.212. The van der Waals surface area contributed by atoms with E-state index in [4.69, 9.17) is 10.2 Å². The van der Waals surface area contributed by atoms with E-state index >= 15 is 0 Å². The van der Waals surface area contributed by atoms with Crippen LogP contribution in [0.25, 0.3) is 0 Å². The van der Waals surface area contributed by atoms with Crippen molar-refractivity contribution in [2.75, 3.05) is 0 Å². The van der Waals surface area contributed by atoms with E-state index in [9.17, 15) is 9.59 Å². The smallest absolute Gasteiger partial charge is 0.303 e. The lowest BCUT2D eigenvalue weighted by molar-refractivity contribution is -0.138. The van der Waals surface area contributed by atoms with Gasteiger partial charge in [-0.1, -0.05) is 96.8 Å². The van der Waals surface area contributed by atoms with Gasteiger partial charge in [0.25, 0.3) is 0 Å². The van der Waals surface area contributed by atoms with Crippen molar-refractivity contribution < 1.29 is 19.8 Å². The molecule has 0 radical (unpaired) electrons. The average Bonchev–Trinajstić information content (AvgIpc) is 2.53. The Kier molecular flexibility index (Phi) is 27.2. The minimum absolute atomic E-state index is 0. The van der Waals surface area contributed by atoms with Crippen molar-refractivity contribution >= 4 is 36.8 Å². The van der Waals surface area contributed by atoms with Crippen LogP contribution in [-0.4, -0.2) is 22.2 Å². The van der Waals surface area contributed by atoms with E-state index in [1.807, 2.05) is 6.92 Å². The van der Waals surface area contributed by atoms with Crippen molar-refractivity contribution in [2.24, 2.45) is 5.92 Å². The van der Waals surface area contributed by atoms with Crippen LogP contribution in [0, 0.1) is 5.92 Å². The van der Waals surface area contributed by atoms with Gasteiger partial charge in [0.1, 0.15) is 0 Å². The van der Waals surface area contributed by atoms with E-state index in [0.29, 0.717) is 18.8 Å². The SMILES string of the molecule is CC(CCCCCCCCCCCCCCCCC(=O)O)CC(=O)O.Cl.Cl. The van der Waals surface area contributed by atoms with Crippen LogP contribution in [-0.2, 0) is 9.59 Å². The molecule has 0 heterocycles. The molecule has 0 aliphatic rings. The summed E-state index contributed by atoms with van der Waals surface area (Å²) >= 11 is 0. The number of hydrogen-bond donors (Lipinski definition) is 2. The molecule has 27 heavy (non-hydrogen) atoms. The summed E-state index contributed by atoms with van der Waals surface area (Å²) in [6.45, 7) is 2.03. The lowest BCUT2D eigenvalue weighted by Gasteiger charge is -2.08. The fraction of sp³-hybridized carbons (Fsp3) is 0.905. The van der Waals surface area contributed by atoms with Crippen LogP contribution in [0.1, 0.15) is 116 Å². The standard InChI is InChI=1S/C21H40O4.2ClH/c1-19(18-21(24)25)16-14-12-10-8-6-4-2-3-5-7-9-11-13-15-17-20(22)23;;/h19H,2-18H2,1H3,(H,22,23)(H,24,25);2*1H. The van der Waals surface area contributed by atoms with Gasteiger partial charge in [-0.3, -0.25) is 9.59 Å². The molecular formula is C21H42Cl2O4. The van der Waals surface area contributed by atoms with Gasteiger partial charge >= 0.3 is 11.9 Å². The Bertz CT molecular complexity index is 338. The maximum Gasteiger partial charge on any atom is 0.303 e. The number of unbranched alkanes of at least 4 members (excludes halogenated alkanes) is 13. The fourth-order valence-electron chi connectivity index (χ4n) is 3.29. The first-order valence-electron chi connectivity index (χ1n) is 10.5. The van der Waals surface area contributed by atoms with E-state index in [1.165, 1.54) is 77.0 Å². The number of halogens is 2. The molecule has 0 rings (SSSR count). The first kappa shape index (κ1) is 31.2. The zero-order chi connectivity index (χ0) is 18.8. The van der Waals surface area contributed by atoms with Crippen molar-refractivity contribution in [3.63, 3.8) is 0 Å². The van der Waals surface area contributed by atoms with Crippen LogP contribution in [0.5, 0.6) is 0 Å². The van der Waals surface area contributed by atoms with Crippen LogP contribution in [0.3, 0.4) is 0 Å². The molecule has 4 nitrogen and oxygen atoms in total. The van der Waals surface area contributed by atoms with Gasteiger partial charge in [-0.25, -0.2) is 0 Å². The number of hydrogen-bond acceptors (Lipinski definition) is 2. The van der Waals surface area contributed by atoms with Crippen molar-refractivity contribution in [1.82, 2.24) is 0 Å². The summed E-state index contributed by atoms with van der Waals surface area (Å²) in [6, 6.07) is 0. The lowest BCUT2D eigenvalue weighted by atomic mass is 9.99. The largest absolute Gasteiger partial charge is 0.481 e. The third-order valence-corrected chi connectivity index (χ3v) is 4.86. The highest BCUT2D eigenvalue weighted by molar-refractivity contribution is 5.85. The first-order valence-corrected chi connectivity index (χ1v) is 10.5. The number of carbonyl (C=O) groups is 2. The predicted molar refractivity (Wildman–Crippen MR) is 117 cm³/mol. The summed E-state index contributed by atoms with van der Waals surface area (Å²) in [7, 11) is 0. The summed E-state index contributed by atoms with van der Waals surface area (Å²) in [5, 5.41) is 17.3. The van der Waals surface area contributed by atoms with Gasteiger partial charge in [-0.05, 0) is 12.3 Å². The molecule has 0 spiro atoms.